The maximum absolute atomic E-state index is 6.52. The molecule has 2 heteroatoms. The average molecular weight is 498 g/mol. The summed E-state index contributed by atoms with van der Waals surface area (Å²) in [7, 11) is 0. The summed E-state index contributed by atoms with van der Waals surface area (Å²) in [5, 5.41) is 4.60. The molecule has 2 nitrogen and oxygen atoms in total. The Hall–Kier alpha value is -5.26. The second-order valence-electron chi connectivity index (χ2n) is 10.1. The van der Waals surface area contributed by atoms with E-state index in [2.05, 4.69) is 127 Å². The van der Waals surface area contributed by atoms with Gasteiger partial charge in [-0.15, -0.1) is 0 Å². The predicted molar refractivity (Wildman–Crippen MR) is 161 cm³/mol. The normalized spacial score (nSPS) is 11.5. The Morgan fingerprint density at radius 1 is 0.590 bits per heavy atom. The van der Waals surface area contributed by atoms with Gasteiger partial charge in [0.05, 0.1) is 16.7 Å². The molecule has 182 valence electrons. The Kier molecular flexibility index (Phi) is 4.68. The Morgan fingerprint density at radius 3 is 2.18 bits per heavy atom. The largest absolute Gasteiger partial charge is 0.454 e. The SMILES string of the molecule is Cc1cc#cc(-n2c3cc(-c4cccc(-c5ccccc5)c4)ccc3c3ccc4c5ccccc5oc4c32)c1. The van der Waals surface area contributed by atoms with E-state index in [4.69, 9.17) is 4.42 Å². The van der Waals surface area contributed by atoms with Gasteiger partial charge in [-0.05, 0) is 77.2 Å². The lowest BCUT2D eigenvalue weighted by Gasteiger charge is -2.09. The van der Waals surface area contributed by atoms with Gasteiger partial charge in [0.1, 0.15) is 5.58 Å². The highest BCUT2D eigenvalue weighted by atomic mass is 16.3. The van der Waals surface area contributed by atoms with E-state index in [1.165, 1.54) is 27.6 Å². The van der Waals surface area contributed by atoms with Gasteiger partial charge >= 0.3 is 0 Å². The van der Waals surface area contributed by atoms with Crippen LogP contribution in [0.1, 0.15) is 5.56 Å². The molecule has 0 bridgehead atoms. The molecule has 0 aliphatic rings. The van der Waals surface area contributed by atoms with Crippen LogP contribution in [-0.2, 0) is 0 Å². The zero-order valence-electron chi connectivity index (χ0n) is 21.4. The molecular weight excluding hydrogens is 474 g/mol. The van der Waals surface area contributed by atoms with Crippen LogP contribution in [-0.4, -0.2) is 4.57 Å². The number of nitrogens with zero attached hydrogens (tertiary/aromatic N) is 1. The third-order valence-corrected chi connectivity index (χ3v) is 7.68. The first-order valence-electron chi connectivity index (χ1n) is 13.2. The number of para-hydroxylation sites is 1. The number of benzene rings is 5. The smallest absolute Gasteiger partial charge is 0.160 e. The lowest BCUT2D eigenvalue weighted by atomic mass is 9.98. The maximum atomic E-state index is 6.52. The molecule has 8 aromatic rings. The first-order chi connectivity index (χ1) is 19.2. The van der Waals surface area contributed by atoms with Crippen molar-refractivity contribution >= 4 is 43.7 Å². The van der Waals surface area contributed by atoms with E-state index in [1.807, 2.05) is 18.2 Å². The Bertz CT molecular complexity index is 2180. The van der Waals surface area contributed by atoms with Crippen LogP contribution in [0.25, 0.3) is 71.7 Å². The summed E-state index contributed by atoms with van der Waals surface area (Å²) in [6.45, 7) is 2.10. The molecule has 0 aliphatic heterocycles. The molecule has 0 spiro atoms. The van der Waals surface area contributed by atoms with Crippen molar-refractivity contribution in [2.45, 2.75) is 6.92 Å². The first-order valence-corrected chi connectivity index (χ1v) is 13.2. The average Bonchev–Trinajstić information content (AvgIpc) is 3.53. The van der Waals surface area contributed by atoms with E-state index in [1.54, 1.807) is 0 Å². The highest BCUT2D eigenvalue weighted by Gasteiger charge is 2.19. The van der Waals surface area contributed by atoms with Crippen molar-refractivity contribution < 1.29 is 4.42 Å². The Morgan fingerprint density at radius 2 is 1.31 bits per heavy atom. The van der Waals surface area contributed by atoms with Gasteiger partial charge in [0, 0.05) is 21.5 Å². The fraction of sp³-hybridized carbons (Fsp3) is 0.0270. The van der Waals surface area contributed by atoms with E-state index >= 15 is 0 Å². The van der Waals surface area contributed by atoms with Crippen LogP contribution >= 0.6 is 0 Å². The molecule has 0 saturated heterocycles. The summed E-state index contributed by atoms with van der Waals surface area (Å²) >= 11 is 0. The molecule has 0 fully saturated rings. The maximum Gasteiger partial charge on any atom is 0.160 e. The molecule has 2 heterocycles. The summed E-state index contributed by atoms with van der Waals surface area (Å²) in [5.41, 5.74) is 10.8. The molecular formula is C37H23NO. The highest BCUT2D eigenvalue weighted by Crippen LogP contribution is 2.41. The summed E-state index contributed by atoms with van der Waals surface area (Å²) < 4.78 is 8.82. The van der Waals surface area contributed by atoms with Crippen LogP contribution in [0.5, 0.6) is 0 Å². The van der Waals surface area contributed by atoms with Gasteiger partial charge in [0.25, 0.3) is 0 Å². The van der Waals surface area contributed by atoms with E-state index in [-0.39, 0.29) is 0 Å². The molecule has 2 aromatic heterocycles. The minimum atomic E-state index is 0.896. The topological polar surface area (TPSA) is 18.1 Å². The standard InChI is InChI=1S/C37H23NO/c1-24-9-7-14-29(21-24)38-34-23-28(27-13-8-12-26(22-27)25-10-3-2-4-11-25)17-18-30(34)32-19-20-33-31-15-5-6-16-35(31)39-37(33)36(32)38/h2-6,8-13,15-23H,1H3. The fourth-order valence-electron chi connectivity index (χ4n) is 5.86. The second kappa shape index (κ2) is 8.38. The minimum Gasteiger partial charge on any atom is -0.454 e. The van der Waals surface area contributed by atoms with Gasteiger partial charge in [-0.2, -0.15) is 0 Å². The van der Waals surface area contributed by atoms with Crippen LogP contribution in [0, 0.1) is 19.1 Å². The third kappa shape index (κ3) is 3.38. The summed E-state index contributed by atoms with van der Waals surface area (Å²) in [4.78, 5) is 0. The van der Waals surface area contributed by atoms with Gasteiger partial charge in [-0.1, -0.05) is 91.0 Å². The molecule has 0 aliphatic carbocycles. The molecule has 0 atom stereocenters. The van der Waals surface area contributed by atoms with Crippen LogP contribution in [0.4, 0.5) is 0 Å². The molecule has 8 rings (SSSR count). The first kappa shape index (κ1) is 21.8. The van der Waals surface area contributed by atoms with E-state index < -0.39 is 0 Å². The molecule has 0 N–H and O–H groups in total. The molecule has 0 unspecified atom stereocenters. The fourth-order valence-corrected chi connectivity index (χ4v) is 5.86. The lowest BCUT2D eigenvalue weighted by Crippen LogP contribution is -1.94. The highest BCUT2D eigenvalue weighted by molar-refractivity contribution is 6.21. The second-order valence-corrected chi connectivity index (χ2v) is 10.1. The number of hydrogen-bond acceptors (Lipinski definition) is 1. The number of furan rings is 1. The minimum absolute atomic E-state index is 0.896. The number of aryl methyl sites for hydroxylation is 1. The van der Waals surface area contributed by atoms with E-state index in [0.717, 1.165) is 49.6 Å². The van der Waals surface area contributed by atoms with Crippen molar-refractivity contribution in [2.24, 2.45) is 0 Å². The number of aromatic nitrogens is 1. The van der Waals surface area contributed by atoms with Crippen molar-refractivity contribution in [1.82, 2.24) is 4.57 Å². The van der Waals surface area contributed by atoms with Gasteiger partial charge in [0.15, 0.2) is 5.58 Å². The predicted octanol–water partition coefficient (Wildman–Crippen LogP) is 9.93. The third-order valence-electron chi connectivity index (χ3n) is 7.68. The summed E-state index contributed by atoms with van der Waals surface area (Å²) in [5.74, 6) is 0. The van der Waals surface area contributed by atoms with Crippen molar-refractivity contribution in [3.05, 3.63) is 139 Å². The number of fused-ring (bicyclic) bond motifs is 7. The monoisotopic (exact) mass is 497 g/mol. The Balaban J connectivity index is 1.44. The summed E-state index contributed by atoms with van der Waals surface area (Å²) in [6, 6.07) is 49.5. The van der Waals surface area contributed by atoms with Crippen molar-refractivity contribution in [2.75, 3.05) is 0 Å². The van der Waals surface area contributed by atoms with Gasteiger partial charge < -0.3 is 4.42 Å². The zero-order chi connectivity index (χ0) is 25.9. The molecule has 39 heavy (non-hydrogen) atoms. The summed E-state index contributed by atoms with van der Waals surface area (Å²) in [6.07, 6.45) is 0. The van der Waals surface area contributed by atoms with Crippen molar-refractivity contribution in [1.29, 1.82) is 0 Å². The lowest BCUT2D eigenvalue weighted by molar-refractivity contribution is 0.671. The zero-order valence-corrected chi connectivity index (χ0v) is 21.4. The van der Waals surface area contributed by atoms with Gasteiger partial charge in [0.2, 0.25) is 0 Å². The van der Waals surface area contributed by atoms with Crippen molar-refractivity contribution in [3.8, 4) is 27.9 Å². The van der Waals surface area contributed by atoms with Crippen LogP contribution in [0.2, 0.25) is 0 Å². The van der Waals surface area contributed by atoms with Crippen molar-refractivity contribution in [3.63, 3.8) is 0 Å². The van der Waals surface area contributed by atoms with Crippen LogP contribution in [0.15, 0.2) is 126 Å². The molecule has 0 radical (unpaired) electrons. The van der Waals surface area contributed by atoms with Gasteiger partial charge in [-0.3, -0.25) is 4.57 Å². The molecule has 0 amide bonds. The molecule has 0 saturated carbocycles. The van der Waals surface area contributed by atoms with E-state index in [0.29, 0.717) is 0 Å². The number of rotatable bonds is 3. The molecule has 6 aromatic carbocycles. The van der Waals surface area contributed by atoms with Crippen LogP contribution in [0.3, 0.4) is 0 Å². The quantitative estimate of drug-likeness (QED) is 0.237. The Labute approximate surface area is 226 Å². The van der Waals surface area contributed by atoms with E-state index in [9.17, 15) is 0 Å². The number of hydrogen-bond donors (Lipinski definition) is 0. The van der Waals surface area contributed by atoms with Crippen LogP contribution < -0.4 is 0 Å². The van der Waals surface area contributed by atoms with Gasteiger partial charge in [-0.25, -0.2) is 0 Å².